The highest BCUT2D eigenvalue weighted by Crippen LogP contribution is 2.37. The number of sulfonamides is 1. The molecular formula is C20H21Cl2F2N5O2S2. The van der Waals surface area contributed by atoms with E-state index in [1.54, 1.807) is 21.0 Å². The molecule has 7 nitrogen and oxygen atoms in total. The van der Waals surface area contributed by atoms with Crippen molar-refractivity contribution in [3.8, 4) is 0 Å². The van der Waals surface area contributed by atoms with Gasteiger partial charge in [0.15, 0.2) is 0 Å². The maximum Gasteiger partial charge on any atom is 0.283 e. The zero-order valence-electron chi connectivity index (χ0n) is 17.9. The van der Waals surface area contributed by atoms with Crippen molar-refractivity contribution < 1.29 is 17.2 Å². The van der Waals surface area contributed by atoms with Gasteiger partial charge < -0.3 is 15.5 Å². The minimum Gasteiger partial charge on any atom is -0.372 e. The van der Waals surface area contributed by atoms with Crippen LogP contribution in [-0.4, -0.2) is 40.6 Å². The summed E-state index contributed by atoms with van der Waals surface area (Å²) in [7, 11) is -0.882. The van der Waals surface area contributed by atoms with E-state index < -0.39 is 26.6 Å². The summed E-state index contributed by atoms with van der Waals surface area (Å²) in [6.07, 6.45) is 1.45. The maximum atomic E-state index is 14.9. The highest BCUT2D eigenvalue weighted by Gasteiger charge is 2.30. The largest absolute Gasteiger partial charge is 0.372 e. The van der Waals surface area contributed by atoms with Gasteiger partial charge in [-0.2, -0.15) is 8.42 Å². The monoisotopic (exact) mass is 535 g/mol. The minimum atomic E-state index is -4.46. The quantitative estimate of drug-likeness (QED) is 0.370. The predicted molar refractivity (Wildman–Crippen MR) is 131 cm³/mol. The van der Waals surface area contributed by atoms with E-state index in [4.69, 9.17) is 23.4 Å². The Morgan fingerprint density at radius 1 is 1.18 bits per heavy atom. The Bertz CT molecular complexity index is 1260. The van der Waals surface area contributed by atoms with E-state index >= 15 is 0 Å². The predicted octanol–water partition coefficient (Wildman–Crippen LogP) is 5.13. The number of halogens is 4. The van der Waals surface area contributed by atoms with Gasteiger partial charge in [0.1, 0.15) is 16.5 Å². The van der Waals surface area contributed by atoms with Crippen LogP contribution in [0.2, 0.25) is 5.02 Å². The summed E-state index contributed by atoms with van der Waals surface area (Å²) in [5, 5.41) is 5.88. The molecule has 0 amide bonds. The number of likely N-dealkylation sites (N-methyl/N-ethyl adjacent to an activating group) is 2. The molecule has 0 bridgehead atoms. The molecule has 33 heavy (non-hydrogen) atoms. The van der Waals surface area contributed by atoms with Crippen molar-refractivity contribution in [2.75, 3.05) is 41.2 Å². The summed E-state index contributed by atoms with van der Waals surface area (Å²) >= 11 is 13.3. The van der Waals surface area contributed by atoms with Crippen LogP contribution in [0.15, 0.2) is 41.4 Å². The van der Waals surface area contributed by atoms with Crippen molar-refractivity contribution in [1.82, 2.24) is 10.3 Å². The van der Waals surface area contributed by atoms with Crippen molar-refractivity contribution in [3.63, 3.8) is 0 Å². The summed E-state index contributed by atoms with van der Waals surface area (Å²) in [6.45, 7) is 2.97. The second-order valence-corrected chi connectivity index (χ2v) is 11.0. The summed E-state index contributed by atoms with van der Waals surface area (Å²) in [6, 6.07) is 6.00. The number of nitrogens with zero attached hydrogens (tertiary/aromatic N) is 3. The molecule has 1 aromatic heterocycles. The Hall–Kier alpha value is -2.18. The van der Waals surface area contributed by atoms with Crippen LogP contribution in [0.5, 0.6) is 0 Å². The van der Waals surface area contributed by atoms with E-state index in [1.165, 1.54) is 24.4 Å². The second-order valence-electron chi connectivity index (χ2n) is 7.05. The highest BCUT2D eigenvalue weighted by molar-refractivity contribution is 7.94. The van der Waals surface area contributed by atoms with Gasteiger partial charge in [0.05, 0.1) is 22.1 Å². The first-order valence-electron chi connectivity index (χ1n) is 9.59. The number of benzene rings is 2. The number of anilines is 4. The lowest BCUT2D eigenvalue weighted by atomic mass is 10.2. The van der Waals surface area contributed by atoms with Crippen LogP contribution in [0.3, 0.4) is 0 Å². The Morgan fingerprint density at radius 3 is 2.55 bits per heavy atom. The van der Waals surface area contributed by atoms with Crippen molar-refractivity contribution in [2.24, 2.45) is 0 Å². The van der Waals surface area contributed by atoms with E-state index in [0.29, 0.717) is 28.3 Å². The molecular weight excluding hydrogens is 515 g/mol. The fraction of sp³-hybridized carbons (Fsp3) is 0.250. The van der Waals surface area contributed by atoms with Gasteiger partial charge in [-0.15, -0.1) is 15.2 Å². The zero-order chi connectivity index (χ0) is 24.3. The maximum absolute atomic E-state index is 14.9. The summed E-state index contributed by atoms with van der Waals surface area (Å²) in [5.41, 5.74) is 1.09. The van der Waals surface area contributed by atoms with Crippen LogP contribution in [0, 0.1) is 18.6 Å². The lowest BCUT2D eigenvalue weighted by Crippen LogP contribution is -2.27. The SMILES string of the molecule is CNCCN(C)c1cc(F)ccc1Nc1cc(F)c(S(=O)(=O)N(Cl)c2ncc(C)s2)cc1Cl. The van der Waals surface area contributed by atoms with Crippen LogP contribution in [0.4, 0.5) is 31.0 Å². The van der Waals surface area contributed by atoms with Gasteiger partial charge in [0, 0.05) is 49.1 Å². The molecule has 0 atom stereocenters. The number of aryl methyl sites for hydroxylation is 1. The van der Waals surface area contributed by atoms with Gasteiger partial charge in [-0.3, -0.25) is 0 Å². The molecule has 13 heteroatoms. The Labute approximate surface area is 205 Å². The number of rotatable bonds is 9. The Balaban J connectivity index is 1.95. The molecule has 2 aromatic carbocycles. The molecule has 0 unspecified atom stereocenters. The molecule has 3 aromatic rings. The zero-order valence-corrected chi connectivity index (χ0v) is 21.0. The van der Waals surface area contributed by atoms with Crippen molar-refractivity contribution >= 4 is 66.9 Å². The lowest BCUT2D eigenvalue weighted by molar-refractivity contribution is 0.568. The van der Waals surface area contributed by atoms with E-state index in [9.17, 15) is 17.2 Å². The fourth-order valence-corrected chi connectivity index (χ4v) is 5.53. The Kier molecular flexibility index (Phi) is 8.01. The normalized spacial score (nSPS) is 11.5. The van der Waals surface area contributed by atoms with Gasteiger partial charge in [0.2, 0.25) is 5.13 Å². The number of aromatic nitrogens is 1. The third-order valence-electron chi connectivity index (χ3n) is 4.61. The van der Waals surface area contributed by atoms with Crippen LogP contribution in [0.25, 0.3) is 0 Å². The van der Waals surface area contributed by atoms with E-state index in [-0.39, 0.29) is 15.8 Å². The molecule has 0 saturated heterocycles. The number of thiazole rings is 1. The van der Waals surface area contributed by atoms with E-state index in [0.717, 1.165) is 28.3 Å². The first-order chi connectivity index (χ1) is 15.5. The summed E-state index contributed by atoms with van der Waals surface area (Å²) in [4.78, 5) is 5.76. The summed E-state index contributed by atoms with van der Waals surface area (Å²) < 4.78 is 54.9. The molecule has 2 N–H and O–H groups in total. The smallest absolute Gasteiger partial charge is 0.283 e. The molecule has 1 heterocycles. The first kappa shape index (κ1) is 25.4. The van der Waals surface area contributed by atoms with Crippen molar-refractivity contribution in [2.45, 2.75) is 11.8 Å². The van der Waals surface area contributed by atoms with Crippen molar-refractivity contribution in [1.29, 1.82) is 0 Å². The molecule has 0 spiro atoms. The highest BCUT2D eigenvalue weighted by atomic mass is 35.5. The molecule has 178 valence electrons. The number of hydrogen-bond donors (Lipinski definition) is 2. The van der Waals surface area contributed by atoms with Crippen molar-refractivity contribution in [3.05, 3.63) is 58.1 Å². The van der Waals surface area contributed by atoms with Crippen LogP contribution in [0.1, 0.15) is 4.88 Å². The molecule has 0 radical (unpaired) electrons. The van der Waals surface area contributed by atoms with Gasteiger partial charge in [-0.1, -0.05) is 11.6 Å². The number of hydrogen-bond acceptors (Lipinski definition) is 7. The van der Waals surface area contributed by atoms with Gasteiger partial charge in [-0.05, 0) is 38.2 Å². The van der Waals surface area contributed by atoms with Crippen LogP contribution >= 0.6 is 34.7 Å². The average molecular weight is 536 g/mol. The summed E-state index contributed by atoms with van der Waals surface area (Å²) in [5.74, 6) is -1.50. The molecule has 0 aliphatic rings. The Morgan fingerprint density at radius 2 is 1.91 bits per heavy atom. The number of nitrogens with one attached hydrogen (secondary N) is 2. The fourth-order valence-electron chi connectivity index (χ4n) is 2.91. The van der Waals surface area contributed by atoms with Gasteiger partial charge in [0.25, 0.3) is 10.0 Å². The molecule has 0 aliphatic heterocycles. The average Bonchev–Trinajstić information content (AvgIpc) is 3.20. The van der Waals surface area contributed by atoms with Gasteiger partial charge in [-0.25, -0.2) is 13.8 Å². The van der Waals surface area contributed by atoms with E-state index in [2.05, 4.69) is 15.6 Å². The lowest BCUT2D eigenvalue weighted by Gasteiger charge is -2.23. The molecule has 0 saturated carbocycles. The van der Waals surface area contributed by atoms with Crippen LogP contribution < -0.4 is 19.4 Å². The topological polar surface area (TPSA) is 77.6 Å². The minimum absolute atomic E-state index is 0.0209. The molecule has 0 aliphatic carbocycles. The standard InChI is InChI=1S/C20H21Cl2F2N5O2S2/c1-12-11-26-20(32-12)29(22)33(30,31)19-9-14(21)17(10-15(19)24)27-16-5-4-13(23)8-18(16)28(3)7-6-25-2/h4-5,8-11,25,27H,6-7H2,1-3H3. The van der Waals surface area contributed by atoms with Crippen LogP contribution in [-0.2, 0) is 10.0 Å². The van der Waals surface area contributed by atoms with Gasteiger partial charge >= 0.3 is 0 Å². The second kappa shape index (κ2) is 10.4. The van der Waals surface area contributed by atoms with E-state index in [1.807, 2.05) is 4.90 Å². The molecule has 3 rings (SSSR count). The first-order valence-corrected chi connectivity index (χ1v) is 12.6. The third-order valence-corrected chi connectivity index (χ3v) is 8.20. The molecule has 0 fully saturated rings. The third kappa shape index (κ3) is 5.67.